The van der Waals surface area contributed by atoms with E-state index in [1.54, 1.807) is 11.3 Å². The molecule has 2 heteroatoms. The molecule has 13 heavy (non-hydrogen) atoms. The Morgan fingerprint density at radius 2 is 2.23 bits per heavy atom. The van der Waals surface area contributed by atoms with Crippen LogP contribution in [0.3, 0.4) is 0 Å². The van der Waals surface area contributed by atoms with E-state index in [-0.39, 0.29) is 6.04 Å². The van der Waals surface area contributed by atoms with Crippen molar-refractivity contribution in [2.45, 2.75) is 38.1 Å². The summed E-state index contributed by atoms with van der Waals surface area (Å²) in [4.78, 5) is 0. The van der Waals surface area contributed by atoms with Crippen molar-refractivity contribution < 1.29 is 0 Å². The van der Waals surface area contributed by atoms with Crippen LogP contribution in [0.4, 0.5) is 0 Å². The van der Waals surface area contributed by atoms with Crippen LogP contribution in [-0.4, -0.2) is 0 Å². The van der Waals surface area contributed by atoms with Crippen molar-refractivity contribution in [2.24, 2.45) is 11.7 Å². The van der Waals surface area contributed by atoms with E-state index in [1.165, 1.54) is 37.7 Å². The molecule has 0 aliphatic heterocycles. The van der Waals surface area contributed by atoms with Crippen LogP contribution in [0.2, 0.25) is 0 Å². The van der Waals surface area contributed by atoms with Gasteiger partial charge in [-0.05, 0) is 34.7 Å². The van der Waals surface area contributed by atoms with E-state index in [0.717, 1.165) is 5.92 Å². The number of hydrogen-bond donors (Lipinski definition) is 1. The van der Waals surface area contributed by atoms with Gasteiger partial charge in [-0.1, -0.05) is 25.7 Å². The molecular formula is C11H17NS. The Balaban J connectivity index is 1.87. The molecule has 1 atom stereocenters. The first kappa shape index (κ1) is 9.22. The van der Waals surface area contributed by atoms with Crippen LogP contribution in [0, 0.1) is 5.92 Å². The summed E-state index contributed by atoms with van der Waals surface area (Å²) < 4.78 is 0. The van der Waals surface area contributed by atoms with Gasteiger partial charge in [0.1, 0.15) is 0 Å². The summed E-state index contributed by atoms with van der Waals surface area (Å²) >= 11 is 1.75. The van der Waals surface area contributed by atoms with Gasteiger partial charge in [0.05, 0.1) is 0 Å². The first-order valence-corrected chi connectivity index (χ1v) is 6.08. The minimum Gasteiger partial charge on any atom is -0.324 e. The lowest BCUT2D eigenvalue weighted by molar-refractivity contribution is 0.451. The molecule has 2 rings (SSSR count). The molecule has 1 heterocycles. The maximum absolute atomic E-state index is 6.13. The Morgan fingerprint density at radius 1 is 1.46 bits per heavy atom. The van der Waals surface area contributed by atoms with E-state index in [1.807, 2.05) is 0 Å². The zero-order chi connectivity index (χ0) is 9.10. The van der Waals surface area contributed by atoms with Gasteiger partial charge in [0.2, 0.25) is 0 Å². The molecule has 1 unspecified atom stereocenters. The Morgan fingerprint density at radius 3 is 2.85 bits per heavy atom. The Labute approximate surface area is 84.0 Å². The van der Waals surface area contributed by atoms with E-state index in [2.05, 4.69) is 16.8 Å². The molecule has 1 aliphatic carbocycles. The SMILES string of the molecule is NC(CC1CCCC1)c1ccsc1. The van der Waals surface area contributed by atoms with Crippen molar-refractivity contribution >= 4 is 11.3 Å². The summed E-state index contributed by atoms with van der Waals surface area (Å²) in [6.45, 7) is 0. The van der Waals surface area contributed by atoms with Crippen molar-refractivity contribution in [1.82, 2.24) is 0 Å². The lowest BCUT2D eigenvalue weighted by Gasteiger charge is -2.14. The second kappa shape index (κ2) is 4.25. The molecule has 0 aromatic carbocycles. The monoisotopic (exact) mass is 195 g/mol. The van der Waals surface area contributed by atoms with Gasteiger partial charge in [-0.25, -0.2) is 0 Å². The van der Waals surface area contributed by atoms with Gasteiger partial charge in [-0.3, -0.25) is 0 Å². The van der Waals surface area contributed by atoms with Gasteiger partial charge in [0, 0.05) is 6.04 Å². The van der Waals surface area contributed by atoms with Crippen molar-refractivity contribution in [2.75, 3.05) is 0 Å². The van der Waals surface area contributed by atoms with Crippen molar-refractivity contribution in [3.63, 3.8) is 0 Å². The van der Waals surface area contributed by atoms with Crippen LogP contribution in [0.25, 0.3) is 0 Å². The third-order valence-electron chi connectivity index (χ3n) is 3.03. The smallest absolute Gasteiger partial charge is 0.0305 e. The van der Waals surface area contributed by atoms with E-state index in [0.29, 0.717) is 0 Å². The molecule has 1 aromatic heterocycles. The van der Waals surface area contributed by atoms with E-state index < -0.39 is 0 Å². The molecule has 0 saturated heterocycles. The van der Waals surface area contributed by atoms with Crippen molar-refractivity contribution in [3.8, 4) is 0 Å². The van der Waals surface area contributed by atoms with Crippen molar-refractivity contribution in [1.29, 1.82) is 0 Å². The highest BCUT2D eigenvalue weighted by atomic mass is 32.1. The lowest BCUT2D eigenvalue weighted by atomic mass is 9.96. The van der Waals surface area contributed by atoms with Gasteiger partial charge >= 0.3 is 0 Å². The molecule has 0 bridgehead atoms. The van der Waals surface area contributed by atoms with Crippen LogP contribution < -0.4 is 5.73 Å². The Bertz CT molecular complexity index is 237. The molecule has 72 valence electrons. The summed E-state index contributed by atoms with van der Waals surface area (Å²) in [5.74, 6) is 0.898. The molecule has 0 radical (unpaired) electrons. The standard InChI is InChI=1S/C11H17NS/c12-11(10-5-6-13-8-10)7-9-3-1-2-4-9/h5-6,8-9,11H,1-4,7,12H2. The lowest BCUT2D eigenvalue weighted by Crippen LogP contribution is -2.13. The predicted octanol–water partition coefficient (Wildman–Crippen LogP) is 3.33. The van der Waals surface area contributed by atoms with Crippen LogP contribution in [0.1, 0.15) is 43.7 Å². The number of hydrogen-bond acceptors (Lipinski definition) is 2. The summed E-state index contributed by atoms with van der Waals surface area (Å²) in [6.07, 6.45) is 6.83. The highest BCUT2D eigenvalue weighted by Gasteiger charge is 2.18. The third-order valence-corrected chi connectivity index (χ3v) is 3.73. The van der Waals surface area contributed by atoms with E-state index >= 15 is 0 Å². The highest BCUT2D eigenvalue weighted by Crippen LogP contribution is 2.32. The summed E-state index contributed by atoms with van der Waals surface area (Å²) in [6, 6.07) is 2.44. The molecule has 1 aliphatic rings. The van der Waals surface area contributed by atoms with Gasteiger partial charge in [0.15, 0.2) is 0 Å². The van der Waals surface area contributed by atoms with Gasteiger partial charge < -0.3 is 5.73 Å². The quantitative estimate of drug-likeness (QED) is 0.786. The molecule has 0 amide bonds. The van der Waals surface area contributed by atoms with E-state index in [9.17, 15) is 0 Å². The second-order valence-corrected chi connectivity index (χ2v) is 4.83. The fraction of sp³-hybridized carbons (Fsp3) is 0.636. The molecular weight excluding hydrogens is 178 g/mol. The average Bonchev–Trinajstić information content (AvgIpc) is 2.74. The topological polar surface area (TPSA) is 26.0 Å². The Kier molecular flexibility index (Phi) is 3.01. The minimum absolute atomic E-state index is 0.286. The number of thiophene rings is 1. The predicted molar refractivity (Wildman–Crippen MR) is 57.8 cm³/mol. The molecule has 0 spiro atoms. The molecule has 1 aromatic rings. The highest BCUT2D eigenvalue weighted by molar-refractivity contribution is 7.07. The zero-order valence-electron chi connectivity index (χ0n) is 7.91. The number of nitrogens with two attached hydrogens (primary N) is 1. The van der Waals surface area contributed by atoms with Crippen LogP contribution >= 0.6 is 11.3 Å². The third kappa shape index (κ3) is 2.32. The molecule has 1 saturated carbocycles. The average molecular weight is 195 g/mol. The van der Waals surface area contributed by atoms with Crippen LogP contribution in [-0.2, 0) is 0 Å². The summed E-state index contributed by atoms with van der Waals surface area (Å²) in [5, 5.41) is 4.30. The first-order chi connectivity index (χ1) is 6.36. The minimum atomic E-state index is 0.286. The normalized spacial score (nSPS) is 20.7. The van der Waals surface area contributed by atoms with Gasteiger partial charge in [-0.15, -0.1) is 0 Å². The van der Waals surface area contributed by atoms with Gasteiger partial charge in [0.25, 0.3) is 0 Å². The molecule has 1 fully saturated rings. The zero-order valence-corrected chi connectivity index (χ0v) is 8.72. The second-order valence-electron chi connectivity index (χ2n) is 4.05. The fourth-order valence-electron chi connectivity index (χ4n) is 2.23. The van der Waals surface area contributed by atoms with Crippen molar-refractivity contribution in [3.05, 3.63) is 22.4 Å². The maximum Gasteiger partial charge on any atom is 0.0305 e. The maximum atomic E-state index is 6.13. The van der Waals surface area contributed by atoms with E-state index in [4.69, 9.17) is 5.73 Å². The summed E-state index contributed by atoms with van der Waals surface area (Å²) in [5.41, 5.74) is 7.46. The molecule has 1 nitrogen and oxygen atoms in total. The van der Waals surface area contributed by atoms with Gasteiger partial charge in [-0.2, -0.15) is 11.3 Å². The fourth-order valence-corrected chi connectivity index (χ4v) is 2.95. The first-order valence-electron chi connectivity index (χ1n) is 5.14. The largest absolute Gasteiger partial charge is 0.324 e. The number of rotatable bonds is 3. The Hall–Kier alpha value is -0.340. The van der Waals surface area contributed by atoms with Crippen LogP contribution in [0.15, 0.2) is 16.8 Å². The van der Waals surface area contributed by atoms with Crippen LogP contribution in [0.5, 0.6) is 0 Å². The summed E-state index contributed by atoms with van der Waals surface area (Å²) in [7, 11) is 0. The molecule has 2 N–H and O–H groups in total.